The number of rotatable bonds is 5. The second kappa shape index (κ2) is 5.76. The molecule has 0 spiro atoms. The highest BCUT2D eigenvalue weighted by Gasteiger charge is 2.23. The highest BCUT2D eigenvalue weighted by atomic mass is 19.1. The van der Waals surface area contributed by atoms with E-state index in [0.717, 1.165) is 12.1 Å². The summed E-state index contributed by atoms with van der Waals surface area (Å²) in [5.74, 6) is -4.55. The van der Waals surface area contributed by atoms with Crippen LogP contribution >= 0.6 is 0 Å². The van der Waals surface area contributed by atoms with Crippen molar-refractivity contribution in [2.45, 2.75) is 0 Å². The minimum Gasteiger partial charge on any atom is -0.480 e. The molecule has 0 aliphatic heterocycles. The minimum atomic E-state index is -1.37. The molecule has 1 aromatic rings. The van der Waals surface area contributed by atoms with Gasteiger partial charge in [0, 0.05) is 0 Å². The first-order valence-corrected chi connectivity index (χ1v) is 4.89. The molecule has 0 aliphatic rings. The van der Waals surface area contributed by atoms with Gasteiger partial charge in [0.2, 0.25) is 0 Å². The number of halogens is 1. The van der Waals surface area contributed by atoms with Crippen molar-refractivity contribution in [2.75, 3.05) is 13.1 Å². The number of carbonyl (C=O) groups excluding carboxylic acids is 1. The monoisotopic (exact) mass is 255 g/mol. The molecule has 0 heterocycles. The molecular weight excluding hydrogens is 245 g/mol. The average Bonchev–Trinajstić information content (AvgIpc) is 2.26. The molecule has 18 heavy (non-hydrogen) atoms. The molecule has 0 bridgehead atoms. The highest BCUT2D eigenvalue weighted by Crippen LogP contribution is 2.09. The maximum absolute atomic E-state index is 13.3. The van der Waals surface area contributed by atoms with Crippen LogP contribution in [0.5, 0.6) is 0 Å². The summed E-state index contributed by atoms with van der Waals surface area (Å²) in [6, 6.07) is 4.96. The number of hydrogen-bond acceptors (Lipinski definition) is 3. The molecule has 6 nitrogen and oxygen atoms in total. The molecule has 96 valence electrons. The number of amides is 1. The third-order valence-electron chi connectivity index (χ3n) is 2.04. The zero-order valence-corrected chi connectivity index (χ0v) is 9.17. The van der Waals surface area contributed by atoms with E-state index in [1.54, 1.807) is 0 Å². The molecule has 0 radical (unpaired) electrons. The zero-order valence-electron chi connectivity index (χ0n) is 9.17. The lowest BCUT2D eigenvalue weighted by Gasteiger charge is -2.18. The summed E-state index contributed by atoms with van der Waals surface area (Å²) >= 11 is 0. The summed E-state index contributed by atoms with van der Waals surface area (Å²) in [5.41, 5.74) is -0.361. The lowest BCUT2D eigenvalue weighted by atomic mass is 10.2. The number of aliphatic carboxylic acids is 2. The van der Waals surface area contributed by atoms with Crippen molar-refractivity contribution >= 4 is 17.8 Å². The van der Waals surface area contributed by atoms with E-state index in [-0.39, 0.29) is 5.56 Å². The van der Waals surface area contributed by atoms with Crippen molar-refractivity contribution in [3.63, 3.8) is 0 Å². The molecular formula is C11H10FNO5. The zero-order chi connectivity index (χ0) is 13.7. The Kier molecular flexibility index (Phi) is 4.36. The van der Waals surface area contributed by atoms with E-state index in [9.17, 15) is 18.8 Å². The first-order chi connectivity index (χ1) is 8.41. The van der Waals surface area contributed by atoms with Crippen LogP contribution in [0.25, 0.3) is 0 Å². The van der Waals surface area contributed by atoms with Gasteiger partial charge in [0.1, 0.15) is 18.9 Å². The summed E-state index contributed by atoms with van der Waals surface area (Å²) in [7, 11) is 0. The number of hydrogen-bond donors (Lipinski definition) is 2. The summed E-state index contributed by atoms with van der Waals surface area (Å²) in [6.07, 6.45) is 0. The summed E-state index contributed by atoms with van der Waals surface area (Å²) < 4.78 is 13.3. The summed E-state index contributed by atoms with van der Waals surface area (Å²) in [6.45, 7) is -1.61. The van der Waals surface area contributed by atoms with Crippen LogP contribution in [0.2, 0.25) is 0 Å². The Morgan fingerprint density at radius 2 is 1.56 bits per heavy atom. The van der Waals surface area contributed by atoms with Crippen molar-refractivity contribution < 1.29 is 29.0 Å². The van der Waals surface area contributed by atoms with Gasteiger partial charge in [0.05, 0.1) is 5.56 Å². The maximum Gasteiger partial charge on any atom is 0.323 e. The van der Waals surface area contributed by atoms with E-state index in [1.807, 2.05) is 0 Å². The van der Waals surface area contributed by atoms with Gasteiger partial charge in [-0.1, -0.05) is 12.1 Å². The van der Waals surface area contributed by atoms with Crippen molar-refractivity contribution in [3.8, 4) is 0 Å². The fraction of sp³-hybridized carbons (Fsp3) is 0.182. The lowest BCUT2D eigenvalue weighted by molar-refractivity contribution is -0.140. The van der Waals surface area contributed by atoms with Crippen LogP contribution in [0.4, 0.5) is 4.39 Å². The third kappa shape index (κ3) is 3.55. The first-order valence-electron chi connectivity index (χ1n) is 4.89. The van der Waals surface area contributed by atoms with Gasteiger partial charge in [-0.3, -0.25) is 14.4 Å². The Bertz CT molecular complexity index is 472. The Hall–Kier alpha value is -2.44. The van der Waals surface area contributed by atoms with Crippen LogP contribution in [0.1, 0.15) is 10.4 Å². The van der Waals surface area contributed by atoms with Crippen LogP contribution in [-0.4, -0.2) is 46.0 Å². The number of carboxylic acid groups (broad SMARTS) is 2. The number of benzene rings is 1. The predicted molar refractivity (Wildman–Crippen MR) is 57.6 cm³/mol. The van der Waals surface area contributed by atoms with Gasteiger partial charge in [-0.05, 0) is 12.1 Å². The molecule has 2 N–H and O–H groups in total. The largest absolute Gasteiger partial charge is 0.480 e. The fourth-order valence-corrected chi connectivity index (χ4v) is 1.33. The predicted octanol–water partition coefficient (Wildman–Crippen LogP) is 0.437. The van der Waals surface area contributed by atoms with Crippen molar-refractivity contribution in [2.24, 2.45) is 0 Å². The second-order valence-electron chi connectivity index (χ2n) is 3.43. The molecule has 0 fully saturated rings. The lowest BCUT2D eigenvalue weighted by Crippen LogP contribution is -2.39. The van der Waals surface area contributed by atoms with E-state index in [1.165, 1.54) is 12.1 Å². The van der Waals surface area contributed by atoms with Gasteiger partial charge in [0.15, 0.2) is 0 Å². The maximum atomic E-state index is 13.3. The van der Waals surface area contributed by atoms with Gasteiger partial charge >= 0.3 is 11.9 Å². The Morgan fingerprint density at radius 3 is 2.00 bits per heavy atom. The molecule has 0 aliphatic carbocycles. The fourth-order valence-electron chi connectivity index (χ4n) is 1.33. The van der Waals surface area contributed by atoms with E-state index >= 15 is 0 Å². The van der Waals surface area contributed by atoms with Crippen molar-refractivity contribution in [3.05, 3.63) is 35.6 Å². The van der Waals surface area contributed by atoms with Gasteiger partial charge in [-0.25, -0.2) is 4.39 Å². The quantitative estimate of drug-likeness (QED) is 0.795. The normalized spacial score (nSPS) is 9.83. The topological polar surface area (TPSA) is 94.9 Å². The summed E-state index contributed by atoms with van der Waals surface area (Å²) in [5, 5.41) is 17.2. The van der Waals surface area contributed by atoms with Crippen LogP contribution < -0.4 is 0 Å². The molecule has 0 saturated carbocycles. The van der Waals surface area contributed by atoms with Gasteiger partial charge in [-0.15, -0.1) is 0 Å². The second-order valence-corrected chi connectivity index (χ2v) is 3.43. The number of carbonyl (C=O) groups is 3. The Morgan fingerprint density at radius 1 is 1.06 bits per heavy atom. The number of carboxylic acids is 2. The minimum absolute atomic E-state index is 0.361. The van der Waals surface area contributed by atoms with Crippen molar-refractivity contribution in [1.82, 2.24) is 4.90 Å². The van der Waals surface area contributed by atoms with E-state index in [2.05, 4.69) is 0 Å². The highest BCUT2D eigenvalue weighted by molar-refractivity contribution is 5.97. The Labute approximate surface area is 101 Å². The van der Waals surface area contributed by atoms with Crippen LogP contribution in [0.3, 0.4) is 0 Å². The first kappa shape index (κ1) is 13.6. The average molecular weight is 255 g/mol. The molecule has 1 amide bonds. The van der Waals surface area contributed by atoms with E-state index < -0.39 is 36.8 Å². The van der Waals surface area contributed by atoms with Crippen LogP contribution in [-0.2, 0) is 9.59 Å². The smallest absolute Gasteiger partial charge is 0.323 e. The Balaban J connectivity index is 2.98. The molecule has 0 saturated heterocycles. The van der Waals surface area contributed by atoms with Gasteiger partial charge < -0.3 is 15.1 Å². The van der Waals surface area contributed by atoms with Crippen LogP contribution in [0, 0.1) is 5.82 Å². The molecule has 0 atom stereocenters. The molecule has 1 rings (SSSR count). The molecule has 0 aromatic heterocycles. The molecule has 7 heteroatoms. The molecule has 1 aromatic carbocycles. The van der Waals surface area contributed by atoms with Gasteiger partial charge in [0.25, 0.3) is 5.91 Å². The standard InChI is InChI=1S/C11H10FNO5/c12-8-4-2-1-3-7(8)11(18)13(5-9(14)15)6-10(16)17/h1-4H,5-6H2,(H,14,15)(H,16,17). The van der Waals surface area contributed by atoms with Crippen LogP contribution in [0.15, 0.2) is 24.3 Å². The van der Waals surface area contributed by atoms with Crippen molar-refractivity contribution in [1.29, 1.82) is 0 Å². The third-order valence-corrected chi connectivity index (χ3v) is 2.04. The van der Waals surface area contributed by atoms with E-state index in [4.69, 9.17) is 10.2 Å². The SMILES string of the molecule is O=C(O)CN(CC(=O)O)C(=O)c1ccccc1F. The van der Waals surface area contributed by atoms with Gasteiger partial charge in [-0.2, -0.15) is 0 Å². The number of nitrogens with zero attached hydrogens (tertiary/aromatic N) is 1. The molecule has 0 unspecified atom stereocenters. The summed E-state index contributed by atoms with van der Waals surface area (Å²) in [4.78, 5) is 33.4. The van der Waals surface area contributed by atoms with E-state index in [0.29, 0.717) is 4.90 Å².